The van der Waals surface area contributed by atoms with Crippen LogP contribution in [-0.4, -0.2) is 24.1 Å². The molecule has 0 saturated heterocycles. The number of nitrogens with zero attached hydrogens (tertiary/aromatic N) is 6. The number of benzene rings is 7. The van der Waals surface area contributed by atoms with Crippen LogP contribution in [0.15, 0.2) is 121 Å². The Kier molecular flexibility index (Phi) is 8.55. The molecule has 0 bridgehead atoms. The third-order valence-corrected chi connectivity index (χ3v) is 12.1. The number of hydrogen-bond acceptors (Lipinski definition) is 4. The van der Waals surface area contributed by atoms with Gasteiger partial charge in [0, 0.05) is 21.5 Å². The summed E-state index contributed by atoms with van der Waals surface area (Å²) < 4.78 is 4.64. The molecule has 0 aliphatic rings. The second kappa shape index (κ2) is 13.9. The number of aromatic nitrogens is 5. The van der Waals surface area contributed by atoms with Gasteiger partial charge in [-0.05, 0) is 136 Å². The van der Waals surface area contributed by atoms with Crippen molar-refractivity contribution >= 4 is 43.6 Å². The second-order valence-electron chi connectivity index (χ2n) is 16.5. The van der Waals surface area contributed by atoms with E-state index in [2.05, 4.69) is 171 Å². The first-order chi connectivity index (χ1) is 29.0. The Morgan fingerprint density at radius 3 is 1.23 bits per heavy atom. The van der Waals surface area contributed by atoms with Crippen LogP contribution in [0.1, 0.15) is 50.6 Å². The van der Waals surface area contributed by atoms with Gasteiger partial charge >= 0.3 is 0 Å². The highest BCUT2D eigenvalue weighted by atomic mass is 15.1. The molecule has 0 aliphatic heterocycles. The summed E-state index contributed by atoms with van der Waals surface area (Å²) in [6.45, 7) is 16.9. The van der Waals surface area contributed by atoms with Gasteiger partial charge in [0.1, 0.15) is 11.6 Å². The summed E-state index contributed by atoms with van der Waals surface area (Å²) in [5.41, 5.74) is 19.3. The van der Waals surface area contributed by atoms with Crippen molar-refractivity contribution in [2.24, 2.45) is 0 Å². The number of rotatable bonds is 5. The van der Waals surface area contributed by atoms with Gasteiger partial charge in [0.25, 0.3) is 0 Å². The fourth-order valence-corrected chi connectivity index (χ4v) is 10.0. The van der Waals surface area contributed by atoms with Gasteiger partial charge in [0.15, 0.2) is 5.82 Å². The van der Waals surface area contributed by atoms with Crippen molar-refractivity contribution < 1.29 is 0 Å². The largest absolute Gasteiger partial charge is 0.308 e. The Labute approximate surface area is 350 Å². The average Bonchev–Trinajstić information content (AvgIpc) is 3.71. The summed E-state index contributed by atoms with van der Waals surface area (Å²) in [6, 6.07) is 46.3. The minimum Gasteiger partial charge on any atom is -0.308 e. The molecule has 0 spiro atoms. The van der Waals surface area contributed by atoms with Gasteiger partial charge in [-0.2, -0.15) is 5.26 Å². The van der Waals surface area contributed by atoms with E-state index in [9.17, 15) is 5.26 Å². The molecule has 60 heavy (non-hydrogen) atoms. The quantitative estimate of drug-likeness (QED) is 0.174. The molecule has 0 amide bonds. The standard InChI is InChI=1S/C54H44N6/c1-30-21-32(3)51(33(4)22-30)39-17-19-43-41-13-9-11-15-45(41)59(47(43)27-39)49-25-38(29-55)26-50(53(49)54-57-36(7)56-37(8)58-54)60-46-16-12-10-14-42(46)44-20-18-40(28-48(44)60)52-34(5)23-31(2)24-35(52)6/h9-28H,1-8H3. The molecule has 0 saturated carbocycles. The predicted octanol–water partition coefficient (Wildman–Crippen LogP) is 13.4. The minimum absolute atomic E-state index is 0.533. The molecular weight excluding hydrogens is 733 g/mol. The van der Waals surface area contributed by atoms with Crippen LogP contribution < -0.4 is 0 Å². The number of para-hydroxylation sites is 2. The van der Waals surface area contributed by atoms with Crippen molar-refractivity contribution in [1.29, 1.82) is 5.26 Å². The van der Waals surface area contributed by atoms with Gasteiger partial charge in [0.05, 0.1) is 50.6 Å². The highest BCUT2D eigenvalue weighted by Crippen LogP contribution is 2.44. The van der Waals surface area contributed by atoms with Crippen molar-refractivity contribution in [3.05, 3.63) is 172 Å². The van der Waals surface area contributed by atoms with Gasteiger partial charge in [-0.1, -0.05) is 96.1 Å². The van der Waals surface area contributed by atoms with Crippen molar-refractivity contribution in [1.82, 2.24) is 24.1 Å². The lowest BCUT2D eigenvalue weighted by atomic mass is 9.93. The summed E-state index contributed by atoms with van der Waals surface area (Å²) in [5.74, 6) is 1.81. The summed E-state index contributed by atoms with van der Waals surface area (Å²) in [4.78, 5) is 14.8. The van der Waals surface area contributed by atoms with Gasteiger partial charge < -0.3 is 9.13 Å². The average molecular weight is 777 g/mol. The number of nitriles is 1. The molecule has 0 aliphatic carbocycles. The first-order valence-electron chi connectivity index (χ1n) is 20.5. The molecule has 6 nitrogen and oxygen atoms in total. The van der Waals surface area contributed by atoms with Gasteiger partial charge in [-0.25, -0.2) is 15.0 Å². The third kappa shape index (κ3) is 5.80. The lowest BCUT2D eigenvalue weighted by Crippen LogP contribution is -2.08. The van der Waals surface area contributed by atoms with Crippen LogP contribution in [0.4, 0.5) is 0 Å². The second-order valence-corrected chi connectivity index (χ2v) is 16.5. The van der Waals surface area contributed by atoms with Crippen LogP contribution in [0.5, 0.6) is 0 Å². The van der Waals surface area contributed by atoms with E-state index in [0.717, 1.165) is 71.7 Å². The van der Waals surface area contributed by atoms with E-state index in [4.69, 9.17) is 9.97 Å². The number of aryl methyl sites for hydroxylation is 8. The summed E-state index contributed by atoms with van der Waals surface area (Å²) in [6.07, 6.45) is 0. The smallest absolute Gasteiger partial charge is 0.167 e. The van der Waals surface area contributed by atoms with Crippen molar-refractivity contribution in [2.45, 2.75) is 55.4 Å². The maximum absolute atomic E-state index is 10.9. The third-order valence-electron chi connectivity index (χ3n) is 12.1. The fourth-order valence-electron chi connectivity index (χ4n) is 10.0. The van der Waals surface area contributed by atoms with Gasteiger partial charge in [-0.15, -0.1) is 0 Å². The highest BCUT2D eigenvalue weighted by molar-refractivity contribution is 6.13. The Hall–Kier alpha value is -7.36. The van der Waals surface area contributed by atoms with Crippen LogP contribution in [0.3, 0.4) is 0 Å². The molecule has 7 aromatic carbocycles. The lowest BCUT2D eigenvalue weighted by molar-refractivity contribution is 0.924. The van der Waals surface area contributed by atoms with E-state index in [1.807, 2.05) is 26.0 Å². The highest BCUT2D eigenvalue weighted by Gasteiger charge is 2.26. The topological polar surface area (TPSA) is 72.3 Å². The molecule has 0 atom stereocenters. The SMILES string of the molecule is Cc1cc(C)c(-c2ccc3c4ccccc4n(-c4cc(C#N)cc(-n5c6ccccc6c6ccc(-c7c(C)cc(C)cc7C)cc65)c4-c4nc(C)nc(C)n4)c3c2)c(C)c1. The van der Waals surface area contributed by atoms with E-state index < -0.39 is 0 Å². The van der Waals surface area contributed by atoms with Crippen molar-refractivity contribution in [3.63, 3.8) is 0 Å². The van der Waals surface area contributed by atoms with Gasteiger partial charge in [0.2, 0.25) is 0 Å². The maximum Gasteiger partial charge on any atom is 0.167 e. The van der Waals surface area contributed by atoms with Crippen LogP contribution in [0.2, 0.25) is 0 Å². The molecule has 0 fully saturated rings. The fraction of sp³-hybridized carbons (Fsp3) is 0.148. The zero-order valence-electron chi connectivity index (χ0n) is 35.2. The molecule has 290 valence electrons. The van der Waals surface area contributed by atoms with Crippen molar-refractivity contribution in [3.8, 4) is 51.1 Å². The zero-order chi connectivity index (χ0) is 41.6. The Morgan fingerprint density at radius 1 is 0.417 bits per heavy atom. The summed E-state index contributed by atoms with van der Waals surface area (Å²) in [5, 5.41) is 15.4. The summed E-state index contributed by atoms with van der Waals surface area (Å²) in [7, 11) is 0. The number of hydrogen-bond donors (Lipinski definition) is 0. The van der Waals surface area contributed by atoms with E-state index in [1.54, 1.807) is 0 Å². The zero-order valence-corrected chi connectivity index (χ0v) is 35.2. The van der Waals surface area contributed by atoms with Crippen LogP contribution in [-0.2, 0) is 0 Å². The first kappa shape index (κ1) is 36.9. The van der Waals surface area contributed by atoms with E-state index >= 15 is 0 Å². The van der Waals surface area contributed by atoms with E-state index in [1.165, 1.54) is 44.5 Å². The van der Waals surface area contributed by atoms with Crippen LogP contribution in [0.25, 0.3) is 88.6 Å². The van der Waals surface area contributed by atoms with Crippen molar-refractivity contribution in [2.75, 3.05) is 0 Å². The molecule has 10 rings (SSSR count). The summed E-state index contributed by atoms with van der Waals surface area (Å²) >= 11 is 0. The molecule has 6 heteroatoms. The predicted molar refractivity (Wildman–Crippen MR) is 247 cm³/mol. The molecule has 3 aromatic heterocycles. The van der Waals surface area contributed by atoms with E-state index in [-0.39, 0.29) is 0 Å². The monoisotopic (exact) mass is 776 g/mol. The maximum atomic E-state index is 10.9. The molecule has 0 radical (unpaired) electrons. The number of fused-ring (bicyclic) bond motifs is 6. The van der Waals surface area contributed by atoms with Crippen LogP contribution in [0, 0.1) is 66.7 Å². The van der Waals surface area contributed by atoms with E-state index in [0.29, 0.717) is 23.0 Å². The minimum atomic E-state index is 0.533. The van der Waals surface area contributed by atoms with Crippen LogP contribution >= 0.6 is 0 Å². The molecule has 10 aromatic rings. The normalized spacial score (nSPS) is 11.7. The Morgan fingerprint density at radius 2 is 0.817 bits per heavy atom. The lowest BCUT2D eigenvalue weighted by Gasteiger charge is -2.20. The Bertz CT molecular complexity index is 3220. The van der Waals surface area contributed by atoms with Gasteiger partial charge in [-0.3, -0.25) is 0 Å². The Balaban J connectivity index is 1.37. The first-order valence-corrected chi connectivity index (χ1v) is 20.5. The molecule has 0 unspecified atom stereocenters. The molecular formula is C54H44N6. The molecule has 0 N–H and O–H groups in total. The molecule has 3 heterocycles.